The van der Waals surface area contributed by atoms with Crippen LogP contribution >= 0.6 is 12.4 Å². The average molecular weight is 316 g/mol. The Morgan fingerprint density at radius 3 is 2.48 bits per heavy atom. The molecule has 0 fully saturated rings. The zero-order valence-corrected chi connectivity index (χ0v) is 13.3. The maximum absolute atomic E-state index is 11.8. The van der Waals surface area contributed by atoms with Crippen molar-refractivity contribution in [1.29, 1.82) is 0 Å². The fourth-order valence-corrected chi connectivity index (χ4v) is 1.69. The van der Waals surface area contributed by atoms with E-state index in [0.29, 0.717) is 23.5 Å². The van der Waals surface area contributed by atoms with E-state index in [1.54, 1.807) is 25.3 Å². The molecule has 7 heteroatoms. The van der Waals surface area contributed by atoms with Gasteiger partial charge in [-0.15, -0.1) is 12.4 Å². The molecule has 1 rings (SSSR count). The number of methoxy groups -OCH3 is 1. The molecule has 1 aromatic rings. The Hall–Kier alpha value is -1.79. The molecule has 0 aliphatic rings. The van der Waals surface area contributed by atoms with Crippen LogP contribution in [0.15, 0.2) is 18.2 Å². The molecule has 0 bridgehead atoms. The van der Waals surface area contributed by atoms with Gasteiger partial charge in [0, 0.05) is 19.4 Å². The minimum absolute atomic E-state index is 0. The normalized spacial score (nSPS) is 9.48. The molecule has 0 aliphatic carbocycles. The van der Waals surface area contributed by atoms with Gasteiger partial charge in [0.25, 0.3) is 0 Å². The summed E-state index contributed by atoms with van der Waals surface area (Å²) in [6, 6.07) is 5.10. The van der Waals surface area contributed by atoms with Crippen molar-refractivity contribution < 1.29 is 14.3 Å². The number of hydrogen-bond acceptors (Lipinski definition) is 4. The smallest absolute Gasteiger partial charge is 0.224 e. The fourth-order valence-electron chi connectivity index (χ4n) is 1.69. The van der Waals surface area contributed by atoms with Crippen LogP contribution in [-0.2, 0) is 9.59 Å². The van der Waals surface area contributed by atoms with Crippen LogP contribution in [0, 0.1) is 0 Å². The van der Waals surface area contributed by atoms with E-state index in [4.69, 9.17) is 4.74 Å². The molecule has 0 aliphatic heterocycles. The molecule has 0 radical (unpaired) electrons. The van der Waals surface area contributed by atoms with E-state index in [2.05, 4.69) is 16.0 Å². The zero-order chi connectivity index (χ0) is 15.0. The van der Waals surface area contributed by atoms with Gasteiger partial charge in [0.15, 0.2) is 0 Å². The Labute approximate surface area is 131 Å². The molecule has 118 valence electrons. The largest absolute Gasteiger partial charge is 0.497 e. The molecular formula is C14H22ClN3O3. The minimum atomic E-state index is -0.194. The van der Waals surface area contributed by atoms with Gasteiger partial charge in [-0.25, -0.2) is 0 Å². The van der Waals surface area contributed by atoms with Crippen LogP contribution < -0.4 is 20.7 Å². The molecule has 1 aromatic carbocycles. The van der Waals surface area contributed by atoms with Crippen molar-refractivity contribution in [1.82, 2.24) is 5.32 Å². The Balaban J connectivity index is 0.00000400. The summed E-state index contributed by atoms with van der Waals surface area (Å²) in [7, 11) is 3.39. The van der Waals surface area contributed by atoms with Crippen molar-refractivity contribution in [3.05, 3.63) is 18.2 Å². The van der Waals surface area contributed by atoms with Crippen LogP contribution in [0.3, 0.4) is 0 Å². The first-order valence-electron chi connectivity index (χ1n) is 6.47. The number of carbonyl (C=O) groups is 2. The highest BCUT2D eigenvalue weighted by Crippen LogP contribution is 2.27. The summed E-state index contributed by atoms with van der Waals surface area (Å²) in [5, 5.41) is 8.45. The van der Waals surface area contributed by atoms with Crippen molar-refractivity contribution in [3.8, 4) is 5.75 Å². The molecule has 0 heterocycles. The second-order valence-electron chi connectivity index (χ2n) is 4.35. The number of halogens is 1. The number of benzene rings is 1. The molecule has 0 atom stereocenters. The van der Waals surface area contributed by atoms with Crippen molar-refractivity contribution in [2.75, 3.05) is 31.3 Å². The highest BCUT2D eigenvalue weighted by molar-refractivity contribution is 5.99. The highest BCUT2D eigenvalue weighted by Gasteiger charge is 2.09. The lowest BCUT2D eigenvalue weighted by Crippen LogP contribution is -2.17. The van der Waals surface area contributed by atoms with Gasteiger partial charge < -0.3 is 20.7 Å². The van der Waals surface area contributed by atoms with E-state index in [9.17, 15) is 9.59 Å². The number of rotatable bonds is 7. The van der Waals surface area contributed by atoms with E-state index >= 15 is 0 Å². The Bertz CT molecular complexity index is 481. The van der Waals surface area contributed by atoms with Gasteiger partial charge in [-0.2, -0.15) is 0 Å². The molecule has 0 unspecified atom stereocenters. The quantitative estimate of drug-likeness (QED) is 0.673. The molecule has 0 saturated heterocycles. The average Bonchev–Trinajstić information content (AvgIpc) is 2.40. The molecule has 21 heavy (non-hydrogen) atoms. The number of carbonyl (C=O) groups excluding carboxylic acids is 2. The highest BCUT2D eigenvalue weighted by atomic mass is 35.5. The van der Waals surface area contributed by atoms with E-state index < -0.39 is 0 Å². The lowest BCUT2D eigenvalue weighted by molar-refractivity contribution is -0.116. The van der Waals surface area contributed by atoms with Crippen LogP contribution in [0.25, 0.3) is 0 Å². The number of anilines is 2. The van der Waals surface area contributed by atoms with Gasteiger partial charge in [0.1, 0.15) is 5.75 Å². The Morgan fingerprint density at radius 2 is 1.90 bits per heavy atom. The summed E-state index contributed by atoms with van der Waals surface area (Å²) in [6.45, 7) is 2.20. The van der Waals surface area contributed by atoms with E-state index in [0.717, 1.165) is 13.0 Å². The second-order valence-corrected chi connectivity index (χ2v) is 4.35. The van der Waals surface area contributed by atoms with E-state index in [1.807, 2.05) is 7.05 Å². The van der Waals surface area contributed by atoms with Gasteiger partial charge in [-0.1, -0.05) is 0 Å². The first-order valence-corrected chi connectivity index (χ1v) is 6.47. The number of ether oxygens (including phenoxy) is 1. The van der Waals surface area contributed by atoms with Crippen LogP contribution in [0.5, 0.6) is 5.75 Å². The Morgan fingerprint density at radius 1 is 1.19 bits per heavy atom. The van der Waals surface area contributed by atoms with Gasteiger partial charge in [-0.3, -0.25) is 9.59 Å². The third kappa shape index (κ3) is 6.97. The van der Waals surface area contributed by atoms with Crippen LogP contribution in [0.2, 0.25) is 0 Å². The first-order chi connectivity index (χ1) is 9.56. The van der Waals surface area contributed by atoms with Crippen molar-refractivity contribution in [2.45, 2.75) is 19.8 Å². The van der Waals surface area contributed by atoms with Crippen molar-refractivity contribution >= 4 is 35.6 Å². The SMILES string of the molecule is CNCCCC(=O)Nc1cc(OC)ccc1NC(C)=O.Cl. The third-order valence-corrected chi connectivity index (χ3v) is 2.64. The van der Waals surface area contributed by atoms with Crippen LogP contribution in [0.1, 0.15) is 19.8 Å². The number of amides is 2. The predicted octanol–water partition coefficient (Wildman–Crippen LogP) is 2.01. The summed E-state index contributed by atoms with van der Waals surface area (Å²) in [4.78, 5) is 23.0. The zero-order valence-electron chi connectivity index (χ0n) is 12.5. The Kier molecular flexibility index (Phi) is 9.16. The maximum Gasteiger partial charge on any atom is 0.224 e. The lowest BCUT2D eigenvalue weighted by Gasteiger charge is -2.13. The summed E-state index contributed by atoms with van der Waals surface area (Å²) in [6.07, 6.45) is 1.17. The van der Waals surface area contributed by atoms with Crippen LogP contribution in [-0.4, -0.2) is 32.5 Å². The summed E-state index contributed by atoms with van der Waals surface area (Å²) >= 11 is 0. The van der Waals surface area contributed by atoms with Gasteiger partial charge in [0.05, 0.1) is 18.5 Å². The van der Waals surface area contributed by atoms with Crippen molar-refractivity contribution in [3.63, 3.8) is 0 Å². The van der Waals surface area contributed by atoms with E-state index in [-0.39, 0.29) is 24.2 Å². The maximum atomic E-state index is 11.8. The standard InChI is InChI=1S/C14H21N3O3.ClH/c1-10(18)16-12-7-6-11(20-3)9-13(12)17-14(19)5-4-8-15-2;/h6-7,9,15H,4-5,8H2,1-3H3,(H,16,18)(H,17,19);1H. The minimum Gasteiger partial charge on any atom is -0.497 e. The molecular weight excluding hydrogens is 294 g/mol. The fraction of sp³-hybridized carbons (Fsp3) is 0.429. The molecule has 2 amide bonds. The third-order valence-electron chi connectivity index (χ3n) is 2.64. The van der Waals surface area contributed by atoms with Gasteiger partial charge in [0.2, 0.25) is 11.8 Å². The van der Waals surface area contributed by atoms with Gasteiger partial charge in [-0.05, 0) is 32.1 Å². The second kappa shape index (κ2) is 10.0. The monoisotopic (exact) mass is 315 g/mol. The summed E-state index contributed by atoms with van der Waals surface area (Å²) in [5.41, 5.74) is 1.09. The first kappa shape index (κ1) is 19.2. The molecule has 0 saturated carbocycles. The predicted molar refractivity (Wildman–Crippen MR) is 86.3 cm³/mol. The number of hydrogen-bond donors (Lipinski definition) is 3. The van der Waals surface area contributed by atoms with Crippen LogP contribution in [0.4, 0.5) is 11.4 Å². The number of nitrogens with one attached hydrogen (secondary N) is 3. The summed E-state index contributed by atoms with van der Waals surface area (Å²) < 4.78 is 5.12. The van der Waals surface area contributed by atoms with Crippen molar-refractivity contribution in [2.24, 2.45) is 0 Å². The van der Waals surface area contributed by atoms with Gasteiger partial charge >= 0.3 is 0 Å². The molecule has 6 nitrogen and oxygen atoms in total. The molecule has 3 N–H and O–H groups in total. The molecule has 0 aromatic heterocycles. The summed E-state index contributed by atoms with van der Waals surface area (Å²) in [5.74, 6) is 0.325. The van der Waals surface area contributed by atoms with E-state index in [1.165, 1.54) is 6.92 Å². The molecule has 0 spiro atoms. The lowest BCUT2D eigenvalue weighted by atomic mass is 10.2. The topological polar surface area (TPSA) is 79.5 Å².